The molecule has 2 atom stereocenters. The number of H-pyrrole nitrogens is 1. The number of carbonyl (C=O) groups is 1. The quantitative estimate of drug-likeness (QED) is 0.894. The van der Waals surface area contributed by atoms with Crippen LogP contribution in [-0.2, 0) is 4.79 Å². The second kappa shape index (κ2) is 5.46. The van der Waals surface area contributed by atoms with E-state index < -0.39 is 6.10 Å². The van der Waals surface area contributed by atoms with E-state index in [9.17, 15) is 9.90 Å². The van der Waals surface area contributed by atoms with Crippen LogP contribution in [0.25, 0.3) is 0 Å². The SMILES string of the molecule is O=C(C(O)c1ccccc1)N1CCCC1c1ncc[nH]1. The number of aromatic amines is 1. The molecule has 1 fully saturated rings. The number of benzene rings is 1. The molecule has 2 heterocycles. The summed E-state index contributed by atoms with van der Waals surface area (Å²) in [6.45, 7) is 0.661. The van der Waals surface area contributed by atoms with Crippen LogP contribution < -0.4 is 0 Å². The summed E-state index contributed by atoms with van der Waals surface area (Å²) < 4.78 is 0. The van der Waals surface area contributed by atoms with Crippen molar-refractivity contribution in [3.05, 3.63) is 54.1 Å². The summed E-state index contributed by atoms with van der Waals surface area (Å²) in [5.41, 5.74) is 0.627. The van der Waals surface area contributed by atoms with Gasteiger partial charge in [0.25, 0.3) is 5.91 Å². The Hall–Kier alpha value is -2.14. The van der Waals surface area contributed by atoms with Crippen LogP contribution in [-0.4, -0.2) is 32.4 Å². The lowest BCUT2D eigenvalue weighted by Crippen LogP contribution is -2.35. The molecular formula is C15H17N3O2. The fraction of sp³-hybridized carbons (Fsp3) is 0.333. The molecule has 1 aliphatic rings. The Labute approximate surface area is 117 Å². The zero-order valence-electron chi connectivity index (χ0n) is 11.1. The van der Waals surface area contributed by atoms with Gasteiger partial charge in [0.05, 0.1) is 6.04 Å². The third-order valence-electron chi connectivity index (χ3n) is 3.72. The van der Waals surface area contributed by atoms with Gasteiger partial charge < -0.3 is 15.0 Å². The number of nitrogens with one attached hydrogen (secondary N) is 1. The Morgan fingerprint density at radius 3 is 2.90 bits per heavy atom. The zero-order valence-corrected chi connectivity index (χ0v) is 11.1. The predicted molar refractivity (Wildman–Crippen MR) is 73.7 cm³/mol. The first-order valence-corrected chi connectivity index (χ1v) is 6.80. The lowest BCUT2D eigenvalue weighted by molar-refractivity contribution is -0.141. The summed E-state index contributed by atoms with van der Waals surface area (Å²) in [5.74, 6) is 0.534. The molecule has 0 aliphatic carbocycles. The van der Waals surface area contributed by atoms with Crippen LogP contribution in [0.15, 0.2) is 42.7 Å². The first-order valence-electron chi connectivity index (χ1n) is 6.80. The number of carbonyl (C=O) groups excluding carboxylic acids is 1. The molecular weight excluding hydrogens is 254 g/mol. The molecule has 0 radical (unpaired) electrons. The van der Waals surface area contributed by atoms with Crippen LogP contribution >= 0.6 is 0 Å². The standard InChI is InChI=1S/C15H17N3O2/c19-13(11-5-2-1-3-6-11)15(20)18-10-4-7-12(18)14-16-8-9-17-14/h1-3,5-6,8-9,12-13,19H,4,7,10H2,(H,16,17). The number of aliphatic hydroxyl groups excluding tert-OH is 1. The van der Waals surface area contributed by atoms with Gasteiger partial charge in [-0.2, -0.15) is 0 Å². The topological polar surface area (TPSA) is 69.2 Å². The highest BCUT2D eigenvalue weighted by molar-refractivity contribution is 5.82. The fourth-order valence-corrected chi connectivity index (χ4v) is 2.71. The summed E-state index contributed by atoms with van der Waals surface area (Å²) in [4.78, 5) is 21.5. The molecule has 2 aromatic rings. The van der Waals surface area contributed by atoms with Crippen molar-refractivity contribution in [2.75, 3.05) is 6.54 Å². The molecule has 1 saturated heterocycles. The van der Waals surface area contributed by atoms with Crippen molar-refractivity contribution in [2.24, 2.45) is 0 Å². The third-order valence-corrected chi connectivity index (χ3v) is 3.72. The van der Waals surface area contributed by atoms with Crippen molar-refractivity contribution < 1.29 is 9.90 Å². The predicted octanol–water partition coefficient (Wildman–Crippen LogP) is 1.81. The minimum Gasteiger partial charge on any atom is -0.378 e. The molecule has 20 heavy (non-hydrogen) atoms. The summed E-state index contributed by atoms with van der Waals surface area (Å²) in [6, 6.07) is 8.97. The molecule has 0 spiro atoms. The molecule has 5 nitrogen and oxygen atoms in total. The number of aromatic nitrogens is 2. The van der Waals surface area contributed by atoms with Gasteiger partial charge in [-0.1, -0.05) is 30.3 Å². The number of amides is 1. The van der Waals surface area contributed by atoms with E-state index in [2.05, 4.69) is 9.97 Å². The highest BCUT2D eigenvalue weighted by atomic mass is 16.3. The number of nitrogens with zero attached hydrogens (tertiary/aromatic N) is 2. The number of hydrogen-bond acceptors (Lipinski definition) is 3. The Morgan fingerprint density at radius 2 is 2.20 bits per heavy atom. The molecule has 0 saturated carbocycles. The number of aliphatic hydroxyl groups is 1. The van der Waals surface area contributed by atoms with Crippen LogP contribution in [0.4, 0.5) is 0 Å². The van der Waals surface area contributed by atoms with Crippen LogP contribution in [0.1, 0.15) is 36.4 Å². The molecule has 3 rings (SSSR count). The van der Waals surface area contributed by atoms with Crippen LogP contribution in [0, 0.1) is 0 Å². The van der Waals surface area contributed by atoms with Crippen molar-refractivity contribution in [1.29, 1.82) is 0 Å². The summed E-state index contributed by atoms with van der Waals surface area (Å²) in [6.07, 6.45) is 4.14. The summed E-state index contributed by atoms with van der Waals surface area (Å²) in [7, 11) is 0. The molecule has 104 valence electrons. The van der Waals surface area contributed by atoms with Gasteiger partial charge in [0.15, 0.2) is 6.10 Å². The number of hydrogen-bond donors (Lipinski definition) is 2. The molecule has 1 aromatic carbocycles. The molecule has 1 aromatic heterocycles. The van der Waals surface area contributed by atoms with Gasteiger partial charge in [-0.3, -0.25) is 4.79 Å². The monoisotopic (exact) mass is 271 g/mol. The molecule has 2 N–H and O–H groups in total. The maximum Gasteiger partial charge on any atom is 0.256 e. The molecule has 5 heteroatoms. The van der Waals surface area contributed by atoms with E-state index in [4.69, 9.17) is 0 Å². The zero-order chi connectivity index (χ0) is 13.9. The van der Waals surface area contributed by atoms with Crippen LogP contribution in [0.3, 0.4) is 0 Å². The molecule has 0 bridgehead atoms. The van der Waals surface area contributed by atoms with Gasteiger partial charge in [-0.15, -0.1) is 0 Å². The Kier molecular flexibility index (Phi) is 3.52. The van der Waals surface area contributed by atoms with E-state index in [0.29, 0.717) is 12.1 Å². The Balaban J connectivity index is 1.79. The molecule has 2 unspecified atom stereocenters. The van der Waals surface area contributed by atoms with Crippen LogP contribution in [0.5, 0.6) is 0 Å². The Bertz CT molecular complexity index is 568. The maximum absolute atomic E-state index is 12.5. The second-order valence-electron chi connectivity index (χ2n) is 4.98. The van der Waals surface area contributed by atoms with Crippen molar-refractivity contribution in [2.45, 2.75) is 25.0 Å². The van der Waals surface area contributed by atoms with E-state index >= 15 is 0 Å². The van der Waals surface area contributed by atoms with Gasteiger partial charge in [0.1, 0.15) is 5.82 Å². The number of likely N-dealkylation sites (tertiary alicyclic amines) is 1. The maximum atomic E-state index is 12.5. The summed E-state index contributed by atoms with van der Waals surface area (Å²) >= 11 is 0. The highest BCUT2D eigenvalue weighted by Gasteiger charge is 2.34. The molecule has 1 aliphatic heterocycles. The van der Waals surface area contributed by atoms with Crippen molar-refractivity contribution in [1.82, 2.24) is 14.9 Å². The van der Waals surface area contributed by atoms with Gasteiger partial charge in [0, 0.05) is 18.9 Å². The van der Waals surface area contributed by atoms with Crippen molar-refractivity contribution in [3.63, 3.8) is 0 Å². The first kappa shape index (κ1) is 12.9. The minimum absolute atomic E-state index is 0.0594. The lowest BCUT2D eigenvalue weighted by Gasteiger charge is -2.25. The number of rotatable bonds is 3. The third kappa shape index (κ3) is 2.32. The average Bonchev–Trinajstić information content (AvgIpc) is 3.16. The van der Waals surface area contributed by atoms with E-state index in [0.717, 1.165) is 18.7 Å². The van der Waals surface area contributed by atoms with Crippen molar-refractivity contribution >= 4 is 5.91 Å². The average molecular weight is 271 g/mol. The smallest absolute Gasteiger partial charge is 0.256 e. The number of imidazole rings is 1. The van der Waals surface area contributed by atoms with E-state index in [1.165, 1.54) is 0 Å². The largest absolute Gasteiger partial charge is 0.378 e. The fourth-order valence-electron chi connectivity index (χ4n) is 2.71. The molecule has 1 amide bonds. The van der Waals surface area contributed by atoms with E-state index in [-0.39, 0.29) is 11.9 Å². The van der Waals surface area contributed by atoms with Gasteiger partial charge in [-0.05, 0) is 18.4 Å². The lowest BCUT2D eigenvalue weighted by atomic mass is 10.1. The highest BCUT2D eigenvalue weighted by Crippen LogP contribution is 2.32. The van der Waals surface area contributed by atoms with Gasteiger partial charge in [-0.25, -0.2) is 4.98 Å². The van der Waals surface area contributed by atoms with Crippen LogP contribution in [0.2, 0.25) is 0 Å². The normalized spacial score (nSPS) is 20.1. The first-order chi connectivity index (χ1) is 9.77. The van der Waals surface area contributed by atoms with E-state index in [1.807, 2.05) is 18.2 Å². The summed E-state index contributed by atoms with van der Waals surface area (Å²) in [5, 5.41) is 10.2. The van der Waals surface area contributed by atoms with Gasteiger partial charge >= 0.3 is 0 Å². The minimum atomic E-state index is -1.10. The van der Waals surface area contributed by atoms with E-state index in [1.54, 1.807) is 29.4 Å². The van der Waals surface area contributed by atoms with Crippen molar-refractivity contribution in [3.8, 4) is 0 Å². The second-order valence-corrected chi connectivity index (χ2v) is 4.98. The Morgan fingerprint density at radius 1 is 1.40 bits per heavy atom. The van der Waals surface area contributed by atoms with Gasteiger partial charge in [0.2, 0.25) is 0 Å².